The highest BCUT2D eigenvalue weighted by molar-refractivity contribution is 8.00. The number of hydrogen-bond acceptors (Lipinski definition) is 11. The Morgan fingerprint density at radius 3 is 2.82 bits per heavy atom. The van der Waals surface area contributed by atoms with E-state index in [2.05, 4.69) is 15.5 Å². The van der Waals surface area contributed by atoms with Gasteiger partial charge in [0.15, 0.2) is 24.0 Å². The van der Waals surface area contributed by atoms with Crippen molar-refractivity contribution in [2.75, 3.05) is 18.6 Å². The maximum absolute atomic E-state index is 13.0. The number of hydrogen-bond donors (Lipinski definition) is 4. The zero-order chi connectivity index (χ0) is 27.1. The Balaban J connectivity index is 1.39. The number of β-lactam (4-membered cyclic amide) rings is 1. The molecule has 0 bridgehead atoms. The van der Waals surface area contributed by atoms with E-state index in [1.807, 2.05) is 0 Å². The molecule has 2 aliphatic rings. The standard InChI is InChI=1S/C22H19N7O8S/c1-35-27-14(12-7-37-22(24)25-12)18(31)26-15-19(32)29-16(21(33)34)9(8-38-20(15)29)4-28-5-11(17(23)30)10-2-3-36-13(10)6-28/h2-3,5-7,15,20H,4,8H2,1H3,(H5-,23,24,25,26,30,31,33,34)/p+1/t15?,20-/m1/s1. The summed E-state index contributed by atoms with van der Waals surface area (Å²) in [6.45, 7) is 0.0529. The van der Waals surface area contributed by atoms with E-state index in [1.54, 1.807) is 16.8 Å². The van der Waals surface area contributed by atoms with Gasteiger partial charge in [0.25, 0.3) is 23.7 Å². The van der Waals surface area contributed by atoms with Gasteiger partial charge in [-0.05, 0) is 6.07 Å². The average Bonchev–Trinajstić information content (AvgIpc) is 3.53. The predicted octanol–water partition coefficient (Wildman–Crippen LogP) is -0.821. The molecule has 1 unspecified atom stereocenters. The van der Waals surface area contributed by atoms with Crippen molar-refractivity contribution in [1.82, 2.24) is 15.2 Å². The Morgan fingerprint density at radius 2 is 2.16 bits per heavy atom. The van der Waals surface area contributed by atoms with Gasteiger partial charge in [-0.2, -0.15) is 9.55 Å². The van der Waals surface area contributed by atoms with Gasteiger partial charge in [0.1, 0.15) is 41.7 Å². The lowest BCUT2D eigenvalue weighted by molar-refractivity contribution is -0.688. The SMILES string of the molecule is CON=C(C(=O)NC1C(=O)N2C(C(=O)O)=C(C[n+]3cc(C(N)=O)c4ccoc4c3)CS[C@H]12)c1coc(N)n1. The number of anilines is 1. The highest BCUT2D eigenvalue weighted by atomic mass is 32.2. The molecule has 0 saturated carbocycles. The van der Waals surface area contributed by atoms with Gasteiger partial charge in [0, 0.05) is 16.7 Å². The molecule has 2 atom stereocenters. The molecule has 1 fully saturated rings. The number of furan rings is 1. The molecule has 196 valence electrons. The number of carbonyl (C=O) groups excluding carboxylic acids is 3. The molecule has 2 aliphatic heterocycles. The third-order valence-corrected chi connectivity index (χ3v) is 7.24. The van der Waals surface area contributed by atoms with Gasteiger partial charge in [-0.1, -0.05) is 5.16 Å². The fourth-order valence-corrected chi connectivity index (χ4v) is 5.62. The lowest BCUT2D eigenvalue weighted by atomic mass is 10.0. The Morgan fingerprint density at radius 1 is 1.37 bits per heavy atom. The summed E-state index contributed by atoms with van der Waals surface area (Å²) in [5.41, 5.74) is 11.5. The van der Waals surface area contributed by atoms with E-state index in [-0.39, 0.29) is 41.0 Å². The van der Waals surface area contributed by atoms with Crippen LogP contribution in [0.4, 0.5) is 6.01 Å². The quantitative estimate of drug-likeness (QED) is 0.119. The monoisotopic (exact) mass is 542 g/mol. The van der Waals surface area contributed by atoms with Crippen LogP contribution < -0.4 is 21.4 Å². The van der Waals surface area contributed by atoms with Gasteiger partial charge >= 0.3 is 5.97 Å². The number of thioether (sulfide) groups is 1. The van der Waals surface area contributed by atoms with Crippen LogP contribution in [0.5, 0.6) is 0 Å². The number of amides is 3. The van der Waals surface area contributed by atoms with Crippen molar-refractivity contribution in [3.05, 3.63) is 53.5 Å². The van der Waals surface area contributed by atoms with Gasteiger partial charge in [-0.15, -0.1) is 11.8 Å². The van der Waals surface area contributed by atoms with Gasteiger partial charge in [-0.25, -0.2) is 4.79 Å². The number of rotatable bonds is 8. The number of fused-ring (bicyclic) bond motifs is 2. The number of carbonyl (C=O) groups is 4. The third-order valence-electron chi connectivity index (χ3n) is 5.90. The summed E-state index contributed by atoms with van der Waals surface area (Å²) < 4.78 is 11.9. The Labute approximate surface area is 217 Å². The highest BCUT2D eigenvalue weighted by Gasteiger charge is 2.55. The normalized spacial score (nSPS) is 19.2. The fraction of sp³-hybridized carbons (Fsp3) is 0.227. The van der Waals surface area contributed by atoms with E-state index >= 15 is 0 Å². The molecule has 5 rings (SSSR count). The van der Waals surface area contributed by atoms with E-state index in [9.17, 15) is 24.3 Å². The van der Waals surface area contributed by atoms with Crippen LogP contribution in [-0.4, -0.2) is 68.7 Å². The molecule has 5 heterocycles. The number of aliphatic carboxylic acids is 1. The predicted molar refractivity (Wildman–Crippen MR) is 129 cm³/mol. The number of nitrogen functional groups attached to an aromatic ring is 1. The molecule has 3 amide bonds. The third kappa shape index (κ3) is 4.19. The van der Waals surface area contributed by atoms with E-state index in [0.29, 0.717) is 16.5 Å². The minimum absolute atomic E-state index is 0.00364. The topological polar surface area (TPSA) is 220 Å². The number of oxazole rings is 1. The lowest BCUT2D eigenvalue weighted by Crippen LogP contribution is -2.71. The highest BCUT2D eigenvalue weighted by Crippen LogP contribution is 2.40. The first kappa shape index (κ1) is 24.8. The number of oxime groups is 1. The molecule has 0 aliphatic carbocycles. The summed E-state index contributed by atoms with van der Waals surface area (Å²) >= 11 is 1.27. The molecule has 16 heteroatoms. The Kier molecular flexibility index (Phi) is 6.23. The second-order valence-corrected chi connectivity index (χ2v) is 9.32. The molecule has 0 spiro atoms. The van der Waals surface area contributed by atoms with Crippen LogP contribution in [0.2, 0.25) is 0 Å². The zero-order valence-corrected chi connectivity index (χ0v) is 20.4. The van der Waals surface area contributed by atoms with Crippen molar-refractivity contribution in [2.24, 2.45) is 10.9 Å². The van der Waals surface area contributed by atoms with E-state index in [4.69, 9.17) is 25.1 Å². The number of carboxylic acids is 1. The van der Waals surface area contributed by atoms with Crippen LogP contribution in [0.1, 0.15) is 16.1 Å². The van der Waals surface area contributed by atoms with Gasteiger partial charge in [0.05, 0.1) is 6.26 Å². The maximum Gasteiger partial charge on any atom is 0.352 e. The van der Waals surface area contributed by atoms with E-state index in [0.717, 1.165) is 11.2 Å². The van der Waals surface area contributed by atoms with Crippen LogP contribution in [0.15, 0.2) is 56.2 Å². The van der Waals surface area contributed by atoms with Crippen molar-refractivity contribution in [2.45, 2.75) is 18.0 Å². The number of pyridine rings is 1. The minimum Gasteiger partial charge on any atom is -0.477 e. The molecule has 6 N–H and O–H groups in total. The summed E-state index contributed by atoms with van der Waals surface area (Å²) in [7, 11) is 1.23. The summed E-state index contributed by atoms with van der Waals surface area (Å²) in [5, 5.41) is 16.0. The van der Waals surface area contributed by atoms with Crippen LogP contribution in [0.3, 0.4) is 0 Å². The van der Waals surface area contributed by atoms with Crippen molar-refractivity contribution in [1.29, 1.82) is 0 Å². The van der Waals surface area contributed by atoms with Crippen molar-refractivity contribution < 1.29 is 42.5 Å². The van der Waals surface area contributed by atoms with Crippen molar-refractivity contribution >= 4 is 58.1 Å². The van der Waals surface area contributed by atoms with Gasteiger partial charge < -0.3 is 35.6 Å². The van der Waals surface area contributed by atoms with E-state index < -0.39 is 35.1 Å². The van der Waals surface area contributed by atoms with Crippen molar-refractivity contribution in [3.63, 3.8) is 0 Å². The smallest absolute Gasteiger partial charge is 0.352 e. The number of nitrogens with two attached hydrogens (primary N) is 2. The number of nitrogens with one attached hydrogen (secondary N) is 1. The second-order valence-electron chi connectivity index (χ2n) is 8.22. The minimum atomic E-state index is -1.31. The lowest BCUT2D eigenvalue weighted by Gasteiger charge is -2.49. The van der Waals surface area contributed by atoms with Crippen LogP contribution in [0.25, 0.3) is 11.0 Å². The number of nitrogens with zero attached hydrogens (tertiary/aromatic N) is 4. The number of carboxylic acid groups (broad SMARTS) is 1. The molecule has 38 heavy (non-hydrogen) atoms. The molecule has 15 nitrogen and oxygen atoms in total. The first-order valence-electron chi connectivity index (χ1n) is 10.9. The number of primary amides is 1. The molecular formula is C22H20N7O8S+. The number of aromatic nitrogens is 2. The molecular weight excluding hydrogens is 522 g/mol. The largest absolute Gasteiger partial charge is 0.477 e. The van der Waals surface area contributed by atoms with Crippen molar-refractivity contribution in [3.8, 4) is 0 Å². The maximum atomic E-state index is 13.0. The summed E-state index contributed by atoms with van der Waals surface area (Å²) in [5.74, 6) is -3.15. The summed E-state index contributed by atoms with van der Waals surface area (Å²) in [6.07, 6.45) is 5.63. The second kappa shape index (κ2) is 9.55. The summed E-state index contributed by atoms with van der Waals surface area (Å²) in [6, 6.07) is 0.389. The molecule has 0 radical (unpaired) electrons. The van der Waals surface area contributed by atoms with Crippen LogP contribution in [-0.2, 0) is 25.8 Å². The summed E-state index contributed by atoms with van der Waals surface area (Å²) in [4.78, 5) is 59.7. The Bertz CT molecular complexity index is 1560. The molecule has 3 aromatic heterocycles. The van der Waals surface area contributed by atoms with Crippen LogP contribution in [0, 0.1) is 0 Å². The van der Waals surface area contributed by atoms with Gasteiger partial charge in [0.2, 0.25) is 6.20 Å². The molecule has 3 aromatic rings. The average molecular weight is 543 g/mol. The Hall–Kier alpha value is -4.86. The van der Waals surface area contributed by atoms with Gasteiger partial charge in [-0.3, -0.25) is 19.3 Å². The first-order chi connectivity index (χ1) is 18.2. The molecule has 1 saturated heterocycles. The fourth-order valence-electron chi connectivity index (χ4n) is 4.28. The van der Waals surface area contributed by atoms with Crippen LogP contribution >= 0.6 is 11.8 Å². The molecule has 0 aromatic carbocycles. The zero-order valence-electron chi connectivity index (χ0n) is 19.6. The van der Waals surface area contributed by atoms with E-state index in [1.165, 1.54) is 31.3 Å². The first-order valence-corrected chi connectivity index (χ1v) is 12.0.